The van der Waals surface area contributed by atoms with Crippen molar-refractivity contribution in [1.82, 2.24) is 9.66 Å². The first-order valence-electron chi connectivity index (χ1n) is 9.27. The summed E-state index contributed by atoms with van der Waals surface area (Å²) in [5, 5.41) is 11.3. The number of hydrogen-bond donors (Lipinski definition) is 1. The number of hydrogen-bond acceptors (Lipinski definition) is 6. The third kappa shape index (κ3) is 4.12. The van der Waals surface area contributed by atoms with Gasteiger partial charge in [-0.2, -0.15) is 0 Å². The van der Waals surface area contributed by atoms with E-state index in [0.717, 1.165) is 5.56 Å². The molecule has 0 aliphatic rings. The number of nitrogens with zero attached hydrogens (tertiary/aromatic N) is 3. The molecule has 0 bridgehead atoms. The average Bonchev–Trinajstić information content (AvgIpc) is 2.78. The number of benzene rings is 3. The van der Waals surface area contributed by atoms with Gasteiger partial charge in [0.2, 0.25) is 0 Å². The lowest BCUT2D eigenvalue weighted by Gasteiger charge is -2.16. The van der Waals surface area contributed by atoms with E-state index in [9.17, 15) is 14.9 Å². The first-order valence-corrected chi connectivity index (χ1v) is 9.27. The molecule has 0 atom stereocenters. The Hall–Kier alpha value is -4.20. The summed E-state index contributed by atoms with van der Waals surface area (Å²) in [5.74, 6) is 1.09. The standard InChI is InChI=1S/C22H18N4O4/c27-22-19-8-4-5-9-20(19)24-21(15-30-18-6-2-1-3-7-18)25(22)23-14-16-10-12-17(13-11-16)26(28)29/h1-13,23H,14-15H2. The van der Waals surface area contributed by atoms with E-state index in [2.05, 4.69) is 10.4 Å². The molecule has 1 N–H and O–H groups in total. The largest absolute Gasteiger partial charge is 0.486 e. The van der Waals surface area contributed by atoms with E-state index in [-0.39, 0.29) is 24.4 Å². The summed E-state index contributed by atoms with van der Waals surface area (Å²) in [6, 6.07) is 22.5. The Labute approximate surface area is 171 Å². The third-order valence-corrected chi connectivity index (χ3v) is 4.54. The van der Waals surface area contributed by atoms with Crippen LogP contribution in [0.3, 0.4) is 0 Å². The molecule has 0 saturated carbocycles. The van der Waals surface area contributed by atoms with Crippen LogP contribution >= 0.6 is 0 Å². The van der Waals surface area contributed by atoms with Crippen LogP contribution in [-0.2, 0) is 13.2 Å². The van der Waals surface area contributed by atoms with Gasteiger partial charge in [-0.05, 0) is 29.8 Å². The lowest BCUT2D eigenvalue weighted by molar-refractivity contribution is -0.384. The number of nitro groups is 1. The van der Waals surface area contributed by atoms with Gasteiger partial charge in [-0.3, -0.25) is 14.9 Å². The molecule has 8 heteroatoms. The highest BCUT2D eigenvalue weighted by Crippen LogP contribution is 2.14. The molecule has 0 saturated heterocycles. The number of rotatable bonds is 7. The number of para-hydroxylation sites is 2. The Morgan fingerprint density at radius 2 is 1.67 bits per heavy atom. The average molecular weight is 402 g/mol. The number of fused-ring (bicyclic) bond motifs is 1. The summed E-state index contributed by atoms with van der Waals surface area (Å²) < 4.78 is 7.16. The Balaban J connectivity index is 1.63. The topological polar surface area (TPSA) is 99.3 Å². The molecular weight excluding hydrogens is 384 g/mol. The second-order valence-corrected chi connectivity index (χ2v) is 6.55. The monoisotopic (exact) mass is 402 g/mol. The van der Waals surface area contributed by atoms with Crippen LogP contribution < -0.4 is 15.7 Å². The van der Waals surface area contributed by atoms with E-state index in [0.29, 0.717) is 22.5 Å². The molecule has 30 heavy (non-hydrogen) atoms. The molecule has 0 radical (unpaired) electrons. The van der Waals surface area contributed by atoms with Crippen LogP contribution in [0, 0.1) is 10.1 Å². The highest BCUT2D eigenvalue weighted by atomic mass is 16.6. The van der Waals surface area contributed by atoms with Crippen LogP contribution in [0.15, 0.2) is 83.7 Å². The Morgan fingerprint density at radius 1 is 0.967 bits per heavy atom. The Bertz CT molecular complexity index is 1240. The van der Waals surface area contributed by atoms with Gasteiger partial charge in [-0.15, -0.1) is 0 Å². The second-order valence-electron chi connectivity index (χ2n) is 6.55. The fourth-order valence-electron chi connectivity index (χ4n) is 3.01. The third-order valence-electron chi connectivity index (χ3n) is 4.54. The van der Waals surface area contributed by atoms with Crippen LogP contribution in [0.1, 0.15) is 11.4 Å². The van der Waals surface area contributed by atoms with Crippen LogP contribution in [0.25, 0.3) is 10.9 Å². The first kappa shape index (κ1) is 19.1. The van der Waals surface area contributed by atoms with Crippen molar-refractivity contribution in [1.29, 1.82) is 0 Å². The van der Waals surface area contributed by atoms with Crippen molar-refractivity contribution in [2.45, 2.75) is 13.2 Å². The molecule has 1 heterocycles. The molecule has 8 nitrogen and oxygen atoms in total. The van der Waals surface area contributed by atoms with Gasteiger partial charge in [-0.25, -0.2) is 9.66 Å². The number of ether oxygens (including phenoxy) is 1. The summed E-state index contributed by atoms with van der Waals surface area (Å²) in [5.41, 5.74) is 4.21. The first-order chi connectivity index (χ1) is 14.6. The zero-order valence-corrected chi connectivity index (χ0v) is 15.9. The number of non-ortho nitro benzene ring substituents is 1. The van der Waals surface area contributed by atoms with Crippen molar-refractivity contribution in [3.05, 3.63) is 111 Å². The molecule has 0 aliphatic heterocycles. The van der Waals surface area contributed by atoms with Gasteiger partial charge in [0.1, 0.15) is 12.4 Å². The van der Waals surface area contributed by atoms with E-state index in [4.69, 9.17) is 4.74 Å². The van der Waals surface area contributed by atoms with Gasteiger partial charge < -0.3 is 10.2 Å². The fourth-order valence-corrected chi connectivity index (χ4v) is 3.01. The molecule has 0 fully saturated rings. The van der Waals surface area contributed by atoms with E-state index >= 15 is 0 Å². The van der Waals surface area contributed by atoms with E-state index in [1.165, 1.54) is 16.8 Å². The van der Waals surface area contributed by atoms with Crippen molar-refractivity contribution in [3.63, 3.8) is 0 Å². The minimum absolute atomic E-state index is 0.0141. The van der Waals surface area contributed by atoms with E-state index in [1.807, 2.05) is 36.4 Å². The minimum Gasteiger partial charge on any atom is -0.486 e. The Morgan fingerprint density at radius 3 is 2.40 bits per heavy atom. The van der Waals surface area contributed by atoms with Crippen LogP contribution in [0.4, 0.5) is 5.69 Å². The summed E-state index contributed by atoms with van der Waals surface area (Å²) >= 11 is 0. The molecule has 3 aromatic carbocycles. The fraction of sp³-hybridized carbons (Fsp3) is 0.0909. The van der Waals surface area contributed by atoms with Gasteiger partial charge >= 0.3 is 0 Å². The zero-order chi connectivity index (χ0) is 20.9. The van der Waals surface area contributed by atoms with Crippen molar-refractivity contribution >= 4 is 16.6 Å². The van der Waals surface area contributed by atoms with E-state index in [1.54, 1.807) is 30.3 Å². The van der Waals surface area contributed by atoms with Gasteiger partial charge in [0.05, 0.1) is 22.4 Å². The predicted octanol–water partition coefficient (Wildman–Crippen LogP) is 3.63. The van der Waals surface area contributed by atoms with Crippen molar-refractivity contribution in [2.24, 2.45) is 0 Å². The maximum Gasteiger partial charge on any atom is 0.280 e. The summed E-state index contributed by atoms with van der Waals surface area (Å²) in [7, 11) is 0. The molecule has 0 unspecified atom stereocenters. The number of nitro benzene ring substituents is 1. The minimum atomic E-state index is -0.450. The number of nitrogens with one attached hydrogen (secondary N) is 1. The molecule has 1 aromatic heterocycles. The van der Waals surface area contributed by atoms with Gasteiger partial charge in [0, 0.05) is 12.1 Å². The van der Waals surface area contributed by atoms with Crippen LogP contribution in [-0.4, -0.2) is 14.6 Å². The highest BCUT2D eigenvalue weighted by Gasteiger charge is 2.12. The summed E-state index contributed by atoms with van der Waals surface area (Å²) in [6.07, 6.45) is 0. The van der Waals surface area contributed by atoms with Gasteiger partial charge in [0.15, 0.2) is 5.82 Å². The molecular formula is C22H18N4O4. The molecule has 0 aliphatic carbocycles. The molecule has 4 rings (SSSR count). The maximum atomic E-state index is 13.0. The second kappa shape index (κ2) is 8.44. The highest BCUT2D eigenvalue weighted by molar-refractivity contribution is 5.77. The molecule has 0 spiro atoms. The quantitative estimate of drug-likeness (QED) is 0.374. The normalized spacial score (nSPS) is 10.7. The number of aromatic nitrogens is 2. The molecule has 150 valence electrons. The van der Waals surface area contributed by atoms with Gasteiger partial charge in [-0.1, -0.05) is 42.5 Å². The van der Waals surface area contributed by atoms with Crippen LogP contribution in [0.5, 0.6) is 5.75 Å². The zero-order valence-electron chi connectivity index (χ0n) is 15.9. The SMILES string of the molecule is O=c1c2ccccc2nc(COc2ccccc2)n1NCc1ccc([N+](=O)[O-])cc1. The van der Waals surface area contributed by atoms with Gasteiger partial charge in [0.25, 0.3) is 11.2 Å². The summed E-state index contributed by atoms with van der Waals surface area (Å²) in [6.45, 7) is 0.383. The molecule has 4 aromatic rings. The lowest BCUT2D eigenvalue weighted by atomic mass is 10.2. The van der Waals surface area contributed by atoms with E-state index < -0.39 is 4.92 Å². The van der Waals surface area contributed by atoms with Crippen molar-refractivity contribution in [3.8, 4) is 5.75 Å². The lowest BCUT2D eigenvalue weighted by Crippen LogP contribution is -2.33. The van der Waals surface area contributed by atoms with Crippen molar-refractivity contribution in [2.75, 3.05) is 5.43 Å². The summed E-state index contributed by atoms with van der Waals surface area (Å²) in [4.78, 5) is 28.0. The smallest absolute Gasteiger partial charge is 0.280 e. The van der Waals surface area contributed by atoms with Crippen LogP contribution in [0.2, 0.25) is 0 Å². The molecule has 0 amide bonds. The maximum absolute atomic E-state index is 13.0. The Kier molecular flexibility index (Phi) is 5.38. The van der Waals surface area contributed by atoms with Crippen molar-refractivity contribution < 1.29 is 9.66 Å². The predicted molar refractivity (Wildman–Crippen MR) is 113 cm³/mol.